The van der Waals surface area contributed by atoms with Gasteiger partial charge in [0.05, 0.1) is 23.7 Å². The quantitative estimate of drug-likeness (QED) is 0.361. The summed E-state index contributed by atoms with van der Waals surface area (Å²) in [6.45, 7) is 0.477. The first-order valence-electron chi connectivity index (χ1n) is 9.67. The molecule has 2 aromatic carbocycles. The van der Waals surface area contributed by atoms with E-state index in [0.717, 1.165) is 36.4 Å². The second-order valence-electron chi connectivity index (χ2n) is 7.84. The lowest BCUT2D eigenvalue weighted by molar-refractivity contribution is -0.274. The van der Waals surface area contributed by atoms with Crippen molar-refractivity contribution in [3.63, 3.8) is 0 Å². The third-order valence-corrected chi connectivity index (χ3v) is 4.99. The Morgan fingerprint density at radius 2 is 1.82 bits per heavy atom. The molecule has 0 radical (unpaired) electrons. The zero-order valence-corrected chi connectivity index (χ0v) is 17.5. The fourth-order valence-electron chi connectivity index (χ4n) is 3.25. The Kier molecular flexibility index (Phi) is 6.86. The summed E-state index contributed by atoms with van der Waals surface area (Å²) >= 11 is 0. The predicted octanol–water partition coefficient (Wildman–Crippen LogP) is 4.00. The van der Waals surface area contributed by atoms with E-state index < -0.39 is 60.9 Å². The zero-order valence-electron chi connectivity index (χ0n) is 17.5. The Morgan fingerprint density at radius 3 is 2.38 bits per heavy atom. The highest BCUT2D eigenvalue weighted by Gasteiger charge is 2.39. The largest absolute Gasteiger partial charge is 0.573 e. The van der Waals surface area contributed by atoms with Crippen LogP contribution < -0.4 is 14.9 Å². The maximum absolute atomic E-state index is 13.5. The molecule has 2 aromatic rings. The minimum Gasteiger partial charge on any atom is -0.491 e. The number of nitriles is 1. The molecule has 0 aliphatic carbocycles. The lowest BCUT2D eigenvalue weighted by Crippen LogP contribution is -2.30. The monoisotopic (exact) mass is 487 g/mol. The van der Waals surface area contributed by atoms with Crippen molar-refractivity contribution in [2.45, 2.75) is 32.5 Å². The number of nitrogens with zero attached hydrogens (tertiary/aromatic N) is 1. The molecular weight excluding hydrogens is 471 g/mol. The molecule has 0 spiro atoms. The van der Waals surface area contributed by atoms with Crippen LogP contribution in [0.1, 0.15) is 34.8 Å². The van der Waals surface area contributed by atoms with Gasteiger partial charge in [0.2, 0.25) is 0 Å². The van der Waals surface area contributed by atoms with Crippen molar-refractivity contribution < 1.29 is 50.3 Å². The number of hydrogen-bond donors (Lipinski definition) is 1. The molecule has 0 amide bonds. The van der Waals surface area contributed by atoms with Gasteiger partial charge in [-0.1, -0.05) is 0 Å². The summed E-state index contributed by atoms with van der Waals surface area (Å²) in [6.07, 6.45) is -10.2. The maximum Gasteiger partial charge on any atom is 0.573 e. The highest BCUT2D eigenvalue weighted by molar-refractivity contribution is 6.61. The van der Waals surface area contributed by atoms with Gasteiger partial charge in [-0.3, -0.25) is 4.79 Å². The Bertz CT molecular complexity index is 1110. The van der Waals surface area contributed by atoms with Gasteiger partial charge in [0.25, 0.3) is 0 Å². The molecule has 0 fully saturated rings. The molecule has 0 saturated carbocycles. The SMILES string of the molecule is CC(C#N)(COc1cc2c(cc1C(F)(F)F)COB2O)CC(=O)c1ccc(OC(F)(F)F)cc1. The number of carbonyl (C=O) groups excluding carboxylic acids is 1. The summed E-state index contributed by atoms with van der Waals surface area (Å²) in [5.41, 5.74) is -2.49. The third-order valence-electron chi connectivity index (χ3n) is 4.99. The van der Waals surface area contributed by atoms with Crippen LogP contribution in [-0.2, 0) is 17.4 Å². The number of Topliss-reactive ketones (excluding diaryl/α,β-unsaturated/α-hetero) is 1. The summed E-state index contributed by atoms with van der Waals surface area (Å²) in [5, 5.41) is 19.3. The van der Waals surface area contributed by atoms with Crippen LogP contribution >= 0.6 is 0 Å². The molecular formula is C21H16BF6NO5. The first-order chi connectivity index (χ1) is 15.7. The highest BCUT2D eigenvalue weighted by atomic mass is 19.4. The molecule has 0 aromatic heterocycles. The Labute approximate surface area is 189 Å². The summed E-state index contributed by atoms with van der Waals surface area (Å²) in [5.74, 6) is -1.82. The smallest absolute Gasteiger partial charge is 0.491 e. The Balaban J connectivity index is 1.75. The van der Waals surface area contributed by atoms with E-state index in [-0.39, 0.29) is 23.2 Å². The molecule has 1 atom stereocenters. The predicted molar refractivity (Wildman–Crippen MR) is 105 cm³/mol. The van der Waals surface area contributed by atoms with Gasteiger partial charge in [0.1, 0.15) is 18.1 Å². The second kappa shape index (κ2) is 9.19. The number of ketones is 1. The average molecular weight is 487 g/mol. The molecule has 180 valence electrons. The van der Waals surface area contributed by atoms with Crippen molar-refractivity contribution in [3.05, 3.63) is 53.1 Å². The fourth-order valence-corrected chi connectivity index (χ4v) is 3.25. The molecule has 0 bridgehead atoms. The van der Waals surface area contributed by atoms with Crippen LogP contribution in [-0.4, -0.2) is 30.9 Å². The molecule has 0 saturated heterocycles. The second-order valence-corrected chi connectivity index (χ2v) is 7.84. The normalized spacial score (nSPS) is 15.3. The van der Waals surface area contributed by atoms with Crippen LogP contribution in [0.3, 0.4) is 0 Å². The highest BCUT2D eigenvalue weighted by Crippen LogP contribution is 2.38. The van der Waals surface area contributed by atoms with E-state index in [1.165, 1.54) is 6.92 Å². The molecule has 6 nitrogen and oxygen atoms in total. The molecule has 13 heteroatoms. The number of ether oxygens (including phenoxy) is 2. The molecule has 34 heavy (non-hydrogen) atoms. The van der Waals surface area contributed by atoms with Crippen LogP contribution in [0.15, 0.2) is 36.4 Å². The molecule has 1 N–H and O–H groups in total. The molecule has 3 rings (SSSR count). The van der Waals surface area contributed by atoms with Gasteiger partial charge in [0, 0.05) is 12.0 Å². The van der Waals surface area contributed by atoms with Gasteiger partial charge in [-0.2, -0.15) is 18.4 Å². The van der Waals surface area contributed by atoms with Crippen molar-refractivity contribution in [1.82, 2.24) is 0 Å². The van der Waals surface area contributed by atoms with E-state index >= 15 is 0 Å². The van der Waals surface area contributed by atoms with Gasteiger partial charge >= 0.3 is 19.7 Å². The lowest BCUT2D eigenvalue weighted by atomic mass is 9.79. The number of alkyl halides is 6. The van der Waals surface area contributed by atoms with Gasteiger partial charge in [0.15, 0.2) is 5.78 Å². The number of rotatable bonds is 7. The van der Waals surface area contributed by atoms with Crippen molar-refractivity contribution >= 4 is 18.4 Å². The molecule has 1 aliphatic heterocycles. The van der Waals surface area contributed by atoms with Gasteiger partial charge in [-0.05, 0) is 54.3 Å². The first-order valence-corrected chi connectivity index (χ1v) is 9.67. The summed E-state index contributed by atoms with van der Waals surface area (Å²) in [4.78, 5) is 12.6. The van der Waals surface area contributed by atoms with Gasteiger partial charge in [-0.15, -0.1) is 13.2 Å². The Morgan fingerprint density at radius 1 is 1.18 bits per heavy atom. The first kappa shape index (κ1) is 25.4. The van der Waals surface area contributed by atoms with Crippen LogP contribution in [0.25, 0.3) is 0 Å². The summed E-state index contributed by atoms with van der Waals surface area (Å²) < 4.78 is 91.2. The third kappa shape index (κ3) is 6.01. The molecule has 1 aliphatic rings. The number of benzene rings is 2. The van der Waals surface area contributed by atoms with Crippen molar-refractivity contribution in [3.8, 4) is 17.6 Å². The maximum atomic E-state index is 13.5. The van der Waals surface area contributed by atoms with E-state index in [2.05, 4.69) is 4.74 Å². The number of hydrogen-bond acceptors (Lipinski definition) is 6. The topological polar surface area (TPSA) is 88.8 Å². The van der Waals surface area contributed by atoms with Crippen molar-refractivity contribution in [1.29, 1.82) is 5.26 Å². The fraction of sp³-hybridized carbons (Fsp3) is 0.333. The van der Waals surface area contributed by atoms with E-state index in [4.69, 9.17) is 9.39 Å². The number of halogens is 6. The number of carbonyl (C=O) groups is 1. The van der Waals surface area contributed by atoms with Crippen LogP contribution in [0.4, 0.5) is 26.3 Å². The molecule has 1 unspecified atom stereocenters. The van der Waals surface area contributed by atoms with E-state index in [1.807, 2.05) is 6.07 Å². The minimum atomic E-state index is -4.91. The van der Waals surface area contributed by atoms with Gasteiger partial charge in [-0.25, -0.2) is 0 Å². The van der Waals surface area contributed by atoms with Crippen molar-refractivity contribution in [2.24, 2.45) is 5.41 Å². The molecule has 1 heterocycles. The van der Waals surface area contributed by atoms with Crippen LogP contribution in [0, 0.1) is 16.7 Å². The van der Waals surface area contributed by atoms with Gasteiger partial charge < -0.3 is 19.2 Å². The zero-order chi connectivity index (χ0) is 25.3. The van der Waals surface area contributed by atoms with Crippen molar-refractivity contribution in [2.75, 3.05) is 6.61 Å². The Hall–Kier alpha value is -3.24. The van der Waals surface area contributed by atoms with E-state index in [0.29, 0.717) is 0 Å². The average Bonchev–Trinajstić information content (AvgIpc) is 3.10. The lowest BCUT2D eigenvalue weighted by Gasteiger charge is -2.23. The van der Waals surface area contributed by atoms with Crippen LogP contribution in [0.2, 0.25) is 0 Å². The number of fused-ring (bicyclic) bond motifs is 1. The summed E-state index contributed by atoms with van der Waals surface area (Å²) in [6, 6.07) is 7.61. The summed E-state index contributed by atoms with van der Waals surface area (Å²) in [7, 11) is -1.42. The van der Waals surface area contributed by atoms with Crippen LogP contribution in [0.5, 0.6) is 11.5 Å². The minimum absolute atomic E-state index is 0.0234. The standard InChI is InChI=1S/C21H16BF6NO5/c1-19(10-29,8-17(30)12-2-4-14(5-3-12)34-21(26,27)28)11-32-18-7-16-13(9-33-22(16)31)6-15(18)20(23,24)25/h2-7,31H,8-9,11H2,1H3. The van der Waals surface area contributed by atoms with E-state index in [9.17, 15) is 41.4 Å². The van der Waals surface area contributed by atoms with E-state index in [1.54, 1.807) is 0 Å².